The molecule has 1 aromatic carbocycles. The zero-order valence-corrected chi connectivity index (χ0v) is 11.7. The van der Waals surface area contributed by atoms with E-state index in [0.717, 1.165) is 23.3 Å². The molecule has 3 heteroatoms. The van der Waals surface area contributed by atoms with Gasteiger partial charge in [0.2, 0.25) is 0 Å². The summed E-state index contributed by atoms with van der Waals surface area (Å²) < 4.78 is 6.05. The number of aromatic nitrogens is 1. The molecular weight excluding hydrogens is 250 g/mol. The lowest BCUT2D eigenvalue weighted by molar-refractivity contribution is 0.209. The van der Waals surface area contributed by atoms with Crippen LogP contribution in [0.3, 0.4) is 0 Å². The lowest BCUT2D eigenvalue weighted by Crippen LogP contribution is -2.15. The molecule has 0 bridgehead atoms. The minimum Gasteiger partial charge on any atom is -0.493 e. The molecule has 20 heavy (non-hydrogen) atoms. The summed E-state index contributed by atoms with van der Waals surface area (Å²) in [6, 6.07) is 9.81. The van der Waals surface area contributed by atoms with Gasteiger partial charge in [-0.3, -0.25) is 4.98 Å². The second kappa shape index (κ2) is 6.23. The van der Waals surface area contributed by atoms with Crippen LogP contribution < -0.4 is 4.74 Å². The fourth-order valence-electron chi connectivity index (χ4n) is 2.96. The molecule has 0 unspecified atom stereocenters. The number of fused-ring (bicyclic) bond motifs is 1. The molecule has 1 fully saturated rings. The van der Waals surface area contributed by atoms with Gasteiger partial charge in [0.25, 0.3) is 0 Å². The largest absolute Gasteiger partial charge is 0.493 e. The van der Waals surface area contributed by atoms with Gasteiger partial charge in [0.1, 0.15) is 5.75 Å². The van der Waals surface area contributed by atoms with E-state index in [1.54, 1.807) is 0 Å². The summed E-state index contributed by atoms with van der Waals surface area (Å²) in [7, 11) is 0. The molecular formula is C17H21NO2. The van der Waals surface area contributed by atoms with Crippen LogP contribution in [0.1, 0.15) is 37.8 Å². The van der Waals surface area contributed by atoms with E-state index in [0.29, 0.717) is 11.6 Å². The van der Waals surface area contributed by atoms with Gasteiger partial charge in [-0.25, -0.2) is 0 Å². The molecule has 0 radical (unpaired) electrons. The van der Waals surface area contributed by atoms with Crippen molar-refractivity contribution in [3.05, 3.63) is 36.0 Å². The molecule has 0 atom stereocenters. The van der Waals surface area contributed by atoms with Crippen molar-refractivity contribution in [1.29, 1.82) is 0 Å². The lowest BCUT2D eigenvalue weighted by atomic mass is 9.90. The maximum absolute atomic E-state index is 9.32. The molecule has 3 nitrogen and oxygen atoms in total. The Morgan fingerprint density at radius 1 is 1.15 bits per heavy atom. The summed E-state index contributed by atoms with van der Waals surface area (Å²) in [6.45, 7) is 0.726. The number of pyridine rings is 1. The van der Waals surface area contributed by atoms with Crippen molar-refractivity contribution < 1.29 is 9.84 Å². The Bertz CT molecular complexity index is 576. The van der Waals surface area contributed by atoms with Crippen molar-refractivity contribution in [1.82, 2.24) is 4.98 Å². The Labute approximate surface area is 119 Å². The van der Waals surface area contributed by atoms with Gasteiger partial charge in [-0.15, -0.1) is 0 Å². The molecule has 1 aliphatic rings. The van der Waals surface area contributed by atoms with Crippen LogP contribution in [0.25, 0.3) is 10.9 Å². The summed E-state index contributed by atoms with van der Waals surface area (Å²) >= 11 is 0. The topological polar surface area (TPSA) is 42.4 Å². The van der Waals surface area contributed by atoms with E-state index in [1.165, 1.54) is 32.1 Å². The third kappa shape index (κ3) is 2.93. The lowest BCUT2D eigenvalue weighted by Gasteiger charge is -2.22. The zero-order chi connectivity index (χ0) is 13.8. The molecule has 1 saturated carbocycles. The Morgan fingerprint density at radius 2 is 1.95 bits per heavy atom. The third-order valence-electron chi connectivity index (χ3n) is 4.09. The number of benzene rings is 1. The number of hydrogen-bond acceptors (Lipinski definition) is 3. The van der Waals surface area contributed by atoms with E-state index in [-0.39, 0.29) is 6.61 Å². The first-order valence-electron chi connectivity index (χ1n) is 7.49. The van der Waals surface area contributed by atoms with Gasteiger partial charge in [-0.2, -0.15) is 0 Å². The van der Waals surface area contributed by atoms with Gasteiger partial charge in [0.05, 0.1) is 24.4 Å². The van der Waals surface area contributed by atoms with Crippen LogP contribution in [0.15, 0.2) is 30.3 Å². The minimum absolute atomic E-state index is 0.0510. The Balaban J connectivity index is 1.81. The fourth-order valence-corrected chi connectivity index (χ4v) is 2.96. The van der Waals surface area contributed by atoms with Crippen LogP contribution in [-0.2, 0) is 6.61 Å². The number of aliphatic hydroxyl groups excluding tert-OH is 1. The molecule has 0 spiro atoms. The highest BCUT2D eigenvalue weighted by molar-refractivity contribution is 5.85. The zero-order valence-electron chi connectivity index (χ0n) is 11.7. The first-order valence-corrected chi connectivity index (χ1v) is 7.49. The maximum atomic E-state index is 9.32. The Morgan fingerprint density at radius 3 is 2.75 bits per heavy atom. The van der Waals surface area contributed by atoms with Crippen LogP contribution in [0.4, 0.5) is 0 Å². The van der Waals surface area contributed by atoms with Crippen LogP contribution in [-0.4, -0.2) is 16.7 Å². The highest BCUT2D eigenvalue weighted by atomic mass is 16.5. The van der Waals surface area contributed by atoms with Gasteiger partial charge >= 0.3 is 0 Å². The molecule has 2 aromatic rings. The van der Waals surface area contributed by atoms with Crippen molar-refractivity contribution in [2.75, 3.05) is 6.61 Å². The van der Waals surface area contributed by atoms with Gasteiger partial charge in [-0.1, -0.05) is 31.4 Å². The average molecular weight is 271 g/mol. The highest BCUT2D eigenvalue weighted by Gasteiger charge is 2.15. The van der Waals surface area contributed by atoms with E-state index in [1.807, 2.05) is 30.3 Å². The maximum Gasteiger partial charge on any atom is 0.130 e. The van der Waals surface area contributed by atoms with Crippen molar-refractivity contribution in [2.45, 2.75) is 38.7 Å². The molecule has 0 saturated heterocycles. The molecule has 106 valence electrons. The number of ether oxygens (including phenoxy) is 1. The summed E-state index contributed by atoms with van der Waals surface area (Å²) in [5.41, 5.74) is 1.56. The van der Waals surface area contributed by atoms with Gasteiger partial charge < -0.3 is 9.84 Å². The van der Waals surface area contributed by atoms with Crippen LogP contribution in [0, 0.1) is 5.92 Å². The monoisotopic (exact) mass is 271 g/mol. The third-order valence-corrected chi connectivity index (χ3v) is 4.09. The average Bonchev–Trinajstić information content (AvgIpc) is 2.53. The van der Waals surface area contributed by atoms with Crippen LogP contribution >= 0.6 is 0 Å². The first kappa shape index (κ1) is 13.4. The molecule has 0 aliphatic heterocycles. The summed E-state index contributed by atoms with van der Waals surface area (Å²) in [4.78, 5) is 4.42. The molecule has 1 aromatic heterocycles. The van der Waals surface area contributed by atoms with Crippen molar-refractivity contribution in [3.63, 3.8) is 0 Å². The Hall–Kier alpha value is -1.61. The van der Waals surface area contributed by atoms with E-state index in [2.05, 4.69) is 4.98 Å². The van der Waals surface area contributed by atoms with E-state index in [9.17, 15) is 5.11 Å². The quantitative estimate of drug-likeness (QED) is 0.922. The smallest absolute Gasteiger partial charge is 0.130 e. The number of nitrogens with zero attached hydrogens (tertiary/aromatic N) is 1. The SMILES string of the molecule is OCc1cc(OCC2CCCCC2)c2ccccc2n1. The van der Waals surface area contributed by atoms with E-state index < -0.39 is 0 Å². The summed E-state index contributed by atoms with van der Waals surface area (Å²) in [5, 5.41) is 10.3. The predicted molar refractivity (Wildman–Crippen MR) is 79.7 cm³/mol. The minimum atomic E-state index is -0.0510. The van der Waals surface area contributed by atoms with Crippen LogP contribution in [0.2, 0.25) is 0 Å². The van der Waals surface area contributed by atoms with Crippen molar-refractivity contribution in [2.24, 2.45) is 5.92 Å². The van der Waals surface area contributed by atoms with Crippen LogP contribution in [0.5, 0.6) is 5.75 Å². The summed E-state index contributed by atoms with van der Waals surface area (Å²) in [6.07, 6.45) is 6.56. The molecule has 1 aliphatic carbocycles. The summed E-state index contributed by atoms with van der Waals surface area (Å²) in [5.74, 6) is 1.53. The fraction of sp³-hybridized carbons (Fsp3) is 0.471. The number of rotatable bonds is 4. The second-order valence-corrected chi connectivity index (χ2v) is 5.60. The van der Waals surface area contributed by atoms with Gasteiger partial charge in [-0.05, 0) is 30.9 Å². The Kier molecular flexibility index (Phi) is 4.16. The molecule has 3 rings (SSSR count). The van der Waals surface area contributed by atoms with Crippen molar-refractivity contribution >= 4 is 10.9 Å². The molecule has 1 heterocycles. The van der Waals surface area contributed by atoms with E-state index in [4.69, 9.17) is 4.74 Å². The standard InChI is InChI=1S/C17H21NO2/c19-11-14-10-17(15-8-4-5-9-16(15)18-14)20-12-13-6-2-1-3-7-13/h4-5,8-10,13,19H,1-3,6-7,11-12H2. The normalized spacial score (nSPS) is 16.4. The second-order valence-electron chi connectivity index (χ2n) is 5.60. The number of hydrogen-bond donors (Lipinski definition) is 1. The predicted octanol–water partition coefficient (Wildman–Crippen LogP) is 3.69. The highest BCUT2D eigenvalue weighted by Crippen LogP contribution is 2.28. The molecule has 1 N–H and O–H groups in total. The number of para-hydroxylation sites is 1. The number of aliphatic hydroxyl groups is 1. The molecule has 0 amide bonds. The van der Waals surface area contributed by atoms with Crippen molar-refractivity contribution in [3.8, 4) is 5.75 Å². The van der Waals surface area contributed by atoms with E-state index >= 15 is 0 Å². The van der Waals surface area contributed by atoms with Gasteiger partial charge in [0, 0.05) is 11.5 Å². The first-order chi connectivity index (χ1) is 9.86. The van der Waals surface area contributed by atoms with Gasteiger partial charge in [0.15, 0.2) is 0 Å².